The summed E-state index contributed by atoms with van der Waals surface area (Å²) in [6, 6.07) is 9.75. The van der Waals surface area contributed by atoms with E-state index in [1.807, 2.05) is 37.3 Å². The highest BCUT2D eigenvalue weighted by Crippen LogP contribution is 2.28. The van der Waals surface area contributed by atoms with Crippen molar-refractivity contribution >= 4 is 0 Å². The van der Waals surface area contributed by atoms with E-state index in [4.69, 9.17) is 9.84 Å². The van der Waals surface area contributed by atoms with Gasteiger partial charge in [0.2, 0.25) is 0 Å². The first-order valence-electron chi connectivity index (χ1n) is 6.63. The smallest absolute Gasteiger partial charge is 0.128 e. The first-order valence-corrected chi connectivity index (χ1v) is 6.63. The summed E-state index contributed by atoms with van der Waals surface area (Å²) in [5, 5.41) is 11.8. The number of aliphatic hydroxyl groups excluding tert-OH is 1. The molecule has 1 heterocycles. The van der Waals surface area contributed by atoms with Gasteiger partial charge in [0.15, 0.2) is 0 Å². The molecule has 0 aliphatic rings. The average Bonchev–Trinajstić information content (AvgIpc) is 2.47. The van der Waals surface area contributed by atoms with Gasteiger partial charge in [-0.3, -0.25) is 0 Å². The number of hydrogen-bond donors (Lipinski definition) is 2. The SMILES string of the molecule is Cc1cc(-c2ccccc2OCCNCCO)ncn1. The normalized spacial score (nSPS) is 10.5. The molecule has 1 aromatic carbocycles. The highest BCUT2D eigenvalue weighted by molar-refractivity contribution is 5.66. The molecule has 0 aliphatic carbocycles. The third-order valence-corrected chi connectivity index (χ3v) is 2.79. The van der Waals surface area contributed by atoms with Crippen molar-refractivity contribution in [1.82, 2.24) is 15.3 Å². The van der Waals surface area contributed by atoms with Gasteiger partial charge in [-0.2, -0.15) is 0 Å². The molecule has 20 heavy (non-hydrogen) atoms. The standard InChI is InChI=1S/C15H19N3O2/c1-12-10-14(18-11-17-12)13-4-2-3-5-15(13)20-9-7-16-6-8-19/h2-5,10-11,16,19H,6-9H2,1H3. The van der Waals surface area contributed by atoms with Crippen molar-refractivity contribution in [3.63, 3.8) is 0 Å². The van der Waals surface area contributed by atoms with Gasteiger partial charge in [-0.15, -0.1) is 0 Å². The molecule has 5 heteroatoms. The maximum absolute atomic E-state index is 8.68. The molecule has 0 amide bonds. The van der Waals surface area contributed by atoms with Gasteiger partial charge >= 0.3 is 0 Å². The summed E-state index contributed by atoms with van der Waals surface area (Å²) in [4.78, 5) is 8.39. The highest BCUT2D eigenvalue weighted by Gasteiger charge is 2.07. The van der Waals surface area contributed by atoms with Crippen LogP contribution in [0, 0.1) is 6.92 Å². The van der Waals surface area contributed by atoms with Crippen LogP contribution in [0.15, 0.2) is 36.7 Å². The fraction of sp³-hybridized carbons (Fsp3) is 0.333. The van der Waals surface area contributed by atoms with E-state index >= 15 is 0 Å². The van der Waals surface area contributed by atoms with Gasteiger partial charge in [0, 0.05) is 24.3 Å². The minimum absolute atomic E-state index is 0.136. The molecule has 0 saturated heterocycles. The number of aromatic nitrogens is 2. The zero-order chi connectivity index (χ0) is 14.2. The molecule has 0 aliphatic heterocycles. The van der Waals surface area contributed by atoms with Crippen LogP contribution in [0.4, 0.5) is 0 Å². The number of ether oxygens (including phenoxy) is 1. The summed E-state index contributed by atoms with van der Waals surface area (Å²) in [5.74, 6) is 0.802. The first kappa shape index (κ1) is 14.4. The van der Waals surface area contributed by atoms with E-state index in [-0.39, 0.29) is 6.61 Å². The number of para-hydroxylation sites is 1. The molecule has 2 N–H and O–H groups in total. The molecule has 0 fully saturated rings. The molecule has 0 bridgehead atoms. The topological polar surface area (TPSA) is 67.3 Å². The van der Waals surface area contributed by atoms with Crippen LogP contribution in [0.5, 0.6) is 5.75 Å². The predicted molar refractivity (Wildman–Crippen MR) is 77.7 cm³/mol. The molecule has 0 saturated carbocycles. The van der Waals surface area contributed by atoms with Crippen LogP contribution < -0.4 is 10.1 Å². The second kappa shape index (κ2) is 7.57. The van der Waals surface area contributed by atoms with Gasteiger partial charge in [-0.1, -0.05) is 12.1 Å². The summed E-state index contributed by atoms with van der Waals surface area (Å²) < 4.78 is 5.77. The third-order valence-electron chi connectivity index (χ3n) is 2.79. The van der Waals surface area contributed by atoms with Crippen LogP contribution in [-0.2, 0) is 0 Å². The highest BCUT2D eigenvalue weighted by atomic mass is 16.5. The Morgan fingerprint density at radius 2 is 2.05 bits per heavy atom. The van der Waals surface area contributed by atoms with E-state index in [9.17, 15) is 0 Å². The van der Waals surface area contributed by atoms with E-state index in [2.05, 4.69) is 15.3 Å². The van der Waals surface area contributed by atoms with Gasteiger partial charge in [0.25, 0.3) is 0 Å². The van der Waals surface area contributed by atoms with Gasteiger partial charge in [0.05, 0.1) is 12.3 Å². The van der Waals surface area contributed by atoms with Crippen LogP contribution in [0.25, 0.3) is 11.3 Å². The van der Waals surface area contributed by atoms with Crippen molar-refractivity contribution in [2.75, 3.05) is 26.3 Å². The monoisotopic (exact) mass is 273 g/mol. The average molecular weight is 273 g/mol. The van der Waals surface area contributed by atoms with Crippen LogP contribution in [-0.4, -0.2) is 41.4 Å². The fourth-order valence-electron chi connectivity index (χ4n) is 1.84. The van der Waals surface area contributed by atoms with Crippen molar-refractivity contribution in [1.29, 1.82) is 0 Å². The van der Waals surface area contributed by atoms with Crippen molar-refractivity contribution in [3.8, 4) is 17.0 Å². The lowest BCUT2D eigenvalue weighted by atomic mass is 10.1. The summed E-state index contributed by atoms with van der Waals surface area (Å²) >= 11 is 0. The van der Waals surface area contributed by atoms with E-state index < -0.39 is 0 Å². The minimum Gasteiger partial charge on any atom is -0.492 e. The Labute approximate surface area is 118 Å². The zero-order valence-electron chi connectivity index (χ0n) is 11.5. The number of nitrogens with one attached hydrogen (secondary N) is 1. The second-order valence-electron chi connectivity index (χ2n) is 4.36. The molecule has 106 valence electrons. The number of benzene rings is 1. The second-order valence-corrected chi connectivity index (χ2v) is 4.36. The van der Waals surface area contributed by atoms with Gasteiger partial charge in [-0.25, -0.2) is 9.97 Å². The lowest BCUT2D eigenvalue weighted by Crippen LogP contribution is -2.24. The molecule has 2 rings (SSSR count). The quantitative estimate of drug-likeness (QED) is 0.747. The van der Waals surface area contributed by atoms with E-state index in [0.717, 1.165) is 22.7 Å². The van der Waals surface area contributed by atoms with Gasteiger partial charge in [0.1, 0.15) is 18.7 Å². The number of rotatable bonds is 7. The molecule has 2 aromatic rings. The minimum atomic E-state index is 0.136. The number of hydrogen-bond acceptors (Lipinski definition) is 5. The van der Waals surface area contributed by atoms with E-state index in [1.165, 1.54) is 0 Å². The number of nitrogens with zero attached hydrogens (tertiary/aromatic N) is 2. The Morgan fingerprint density at radius 1 is 1.20 bits per heavy atom. The molecular formula is C15H19N3O2. The van der Waals surface area contributed by atoms with E-state index in [0.29, 0.717) is 19.7 Å². The lowest BCUT2D eigenvalue weighted by molar-refractivity contribution is 0.276. The molecule has 5 nitrogen and oxygen atoms in total. The molecule has 0 spiro atoms. The van der Waals surface area contributed by atoms with Crippen molar-refractivity contribution < 1.29 is 9.84 Å². The molecule has 1 aromatic heterocycles. The van der Waals surface area contributed by atoms with Crippen LogP contribution in [0.3, 0.4) is 0 Å². The van der Waals surface area contributed by atoms with Crippen molar-refractivity contribution in [2.24, 2.45) is 0 Å². The Bertz CT molecular complexity index is 546. The maximum atomic E-state index is 8.68. The Kier molecular flexibility index (Phi) is 5.46. The Morgan fingerprint density at radius 3 is 2.85 bits per heavy atom. The third kappa shape index (κ3) is 4.01. The first-order chi connectivity index (χ1) is 9.81. The molecule has 0 unspecified atom stereocenters. The van der Waals surface area contributed by atoms with Crippen LogP contribution in [0.1, 0.15) is 5.69 Å². The molecule has 0 radical (unpaired) electrons. The van der Waals surface area contributed by atoms with Gasteiger partial charge in [-0.05, 0) is 25.1 Å². The zero-order valence-corrected chi connectivity index (χ0v) is 11.5. The lowest BCUT2D eigenvalue weighted by Gasteiger charge is -2.11. The Balaban J connectivity index is 2.06. The van der Waals surface area contributed by atoms with Crippen LogP contribution in [0.2, 0.25) is 0 Å². The maximum Gasteiger partial charge on any atom is 0.128 e. The number of aryl methyl sites for hydroxylation is 1. The van der Waals surface area contributed by atoms with Crippen molar-refractivity contribution in [2.45, 2.75) is 6.92 Å². The fourth-order valence-corrected chi connectivity index (χ4v) is 1.84. The molecule has 0 atom stereocenters. The number of aliphatic hydroxyl groups is 1. The van der Waals surface area contributed by atoms with Crippen molar-refractivity contribution in [3.05, 3.63) is 42.4 Å². The predicted octanol–water partition coefficient (Wildman–Crippen LogP) is 1.41. The summed E-state index contributed by atoms with van der Waals surface area (Å²) in [6.07, 6.45) is 1.56. The summed E-state index contributed by atoms with van der Waals surface area (Å²) in [5.41, 5.74) is 2.74. The summed E-state index contributed by atoms with van der Waals surface area (Å²) in [7, 11) is 0. The Hall–Kier alpha value is -1.98. The van der Waals surface area contributed by atoms with E-state index in [1.54, 1.807) is 6.33 Å². The van der Waals surface area contributed by atoms with Crippen LogP contribution >= 0.6 is 0 Å². The summed E-state index contributed by atoms with van der Waals surface area (Å²) in [6.45, 7) is 3.89. The largest absolute Gasteiger partial charge is 0.492 e. The van der Waals surface area contributed by atoms with Gasteiger partial charge < -0.3 is 15.2 Å². The molecular weight excluding hydrogens is 254 g/mol.